The Morgan fingerprint density at radius 1 is 1.03 bits per heavy atom. The number of hydrogen-bond acceptors (Lipinski definition) is 6. The fourth-order valence-corrected chi connectivity index (χ4v) is 3.82. The van der Waals surface area contributed by atoms with Gasteiger partial charge >= 0.3 is 0 Å². The summed E-state index contributed by atoms with van der Waals surface area (Å²) >= 11 is 5.96. The summed E-state index contributed by atoms with van der Waals surface area (Å²) in [5, 5.41) is 3.38. The Labute approximate surface area is 203 Å². The molecular formula is C25H26ClN5O3. The zero-order valence-corrected chi connectivity index (χ0v) is 19.6. The molecule has 1 aliphatic rings. The van der Waals surface area contributed by atoms with Crippen LogP contribution in [-0.4, -0.2) is 59.0 Å². The van der Waals surface area contributed by atoms with Gasteiger partial charge in [-0.1, -0.05) is 29.8 Å². The van der Waals surface area contributed by atoms with E-state index in [1.165, 1.54) is 0 Å². The first kappa shape index (κ1) is 23.5. The number of ether oxygens (including phenoxy) is 1. The lowest BCUT2D eigenvalue weighted by atomic mass is 10.1. The molecule has 34 heavy (non-hydrogen) atoms. The van der Waals surface area contributed by atoms with Gasteiger partial charge in [-0.25, -0.2) is 9.97 Å². The number of carbonyl (C=O) groups is 2. The van der Waals surface area contributed by atoms with E-state index in [4.69, 9.17) is 16.3 Å². The van der Waals surface area contributed by atoms with Crippen molar-refractivity contribution in [1.82, 2.24) is 14.9 Å². The van der Waals surface area contributed by atoms with Crippen molar-refractivity contribution >= 4 is 35.1 Å². The van der Waals surface area contributed by atoms with Crippen molar-refractivity contribution in [1.29, 1.82) is 0 Å². The molecule has 2 heterocycles. The van der Waals surface area contributed by atoms with Crippen LogP contribution in [0.1, 0.15) is 12.5 Å². The van der Waals surface area contributed by atoms with Crippen LogP contribution in [0.4, 0.5) is 11.6 Å². The Morgan fingerprint density at radius 3 is 2.41 bits per heavy atom. The standard InChI is InChI=1S/C25H26ClN5O3/c1-18(34-22-5-2-4-20(26)17-22)24(33)29-21-8-6-19(7-9-21)16-23(32)30-12-14-31(15-13-30)25-27-10-3-11-28-25/h2-11,17-18H,12-16H2,1H3,(H,29,33). The monoisotopic (exact) mass is 479 g/mol. The lowest BCUT2D eigenvalue weighted by molar-refractivity contribution is -0.130. The van der Waals surface area contributed by atoms with E-state index in [2.05, 4.69) is 20.2 Å². The first-order valence-corrected chi connectivity index (χ1v) is 11.5. The fraction of sp³-hybridized carbons (Fsp3) is 0.280. The summed E-state index contributed by atoms with van der Waals surface area (Å²) in [5.74, 6) is 1.03. The summed E-state index contributed by atoms with van der Waals surface area (Å²) in [5.41, 5.74) is 1.53. The number of nitrogens with one attached hydrogen (secondary N) is 1. The number of anilines is 2. The van der Waals surface area contributed by atoms with Gasteiger partial charge in [0, 0.05) is 49.3 Å². The number of amides is 2. The van der Waals surface area contributed by atoms with Gasteiger partial charge in [-0.2, -0.15) is 0 Å². The summed E-state index contributed by atoms with van der Waals surface area (Å²) < 4.78 is 5.65. The summed E-state index contributed by atoms with van der Waals surface area (Å²) in [4.78, 5) is 37.7. The lowest BCUT2D eigenvalue weighted by Crippen LogP contribution is -2.49. The molecule has 0 bridgehead atoms. The second kappa shape index (κ2) is 11.0. The van der Waals surface area contributed by atoms with Crippen LogP contribution < -0.4 is 15.0 Å². The van der Waals surface area contributed by atoms with Crippen LogP contribution in [-0.2, 0) is 16.0 Å². The van der Waals surface area contributed by atoms with Crippen LogP contribution in [0.15, 0.2) is 67.0 Å². The molecule has 0 radical (unpaired) electrons. The van der Waals surface area contributed by atoms with Crippen LogP contribution in [0.3, 0.4) is 0 Å². The van der Waals surface area contributed by atoms with Gasteiger partial charge in [-0.3, -0.25) is 9.59 Å². The van der Waals surface area contributed by atoms with Crippen molar-refractivity contribution in [3.05, 3.63) is 77.6 Å². The van der Waals surface area contributed by atoms with E-state index < -0.39 is 6.10 Å². The molecule has 9 heteroatoms. The molecule has 176 valence electrons. The van der Waals surface area contributed by atoms with E-state index in [0.717, 1.165) is 5.56 Å². The third-order valence-corrected chi connectivity index (χ3v) is 5.76. The van der Waals surface area contributed by atoms with Gasteiger partial charge in [-0.15, -0.1) is 0 Å². The molecule has 1 aliphatic heterocycles. The van der Waals surface area contributed by atoms with Crippen molar-refractivity contribution in [2.24, 2.45) is 0 Å². The average molecular weight is 480 g/mol. The average Bonchev–Trinajstić information content (AvgIpc) is 2.86. The molecule has 2 amide bonds. The third-order valence-electron chi connectivity index (χ3n) is 5.52. The number of hydrogen-bond donors (Lipinski definition) is 1. The van der Waals surface area contributed by atoms with Crippen LogP contribution >= 0.6 is 11.6 Å². The van der Waals surface area contributed by atoms with E-state index >= 15 is 0 Å². The number of carbonyl (C=O) groups excluding carboxylic acids is 2. The number of nitrogens with zero attached hydrogens (tertiary/aromatic N) is 4. The molecule has 3 aromatic rings. The van der Waals surface area contributed by atoms with E-state index in [9.17, 15) is 9.59 Å². The first-order valence-electron chi connectivity index (χ1n) is 11.1. The highest BCUT2D eigenvalue weighted by atomic mass is 35.5. The smallest absolute Gasteiger partial charge is 0.265 e. The lowest BCUT2D eigenvalue weighted by Gasteiger charge is -2.34. The van der Waals surface area contributed by atoms with Gasteiger partial charge in [0.2, 0.25) is 11.9 Å². The predicted octanol–water partition coefficient (Wildman–Crippen LogP) is 3.43. The molecular weight excluding hydrogens is 454 g/mol. The van der Waals surface area contributed by atoms with Crippen LogP contribution in [0, 0.1) is 0 Å². The van der Waals surface area contributed by atoms with Crippen molar-refractivity contribution < 1.29 is 14.3 Å². The highest BCUT2D eigenvalue weighted by molar-refractivity contribution is 6.30. The largest absolute Gasteiger partial charge is 0.481 e. The van der Waals surface area contributed by atoms with Crippen LogP contribution in [0.2, 0.25) is 5.02 Å². The van der Waals surface area contributed by atoms with Crippen LogP contribution in [0.5, 0.6) is 5.75 Å². The molecule has 1 fully saturated rings. The van der Waals surface area contributed by atoms with E-state index in [1.807, 2.05) is 17.0 Å². The summed E-state index contributed by atoms with van der Waals surface area (Å²) in [6, 6.07) is 16.0. The van der Waals surface area contributed by atoms with Crippen LogP contribution in [0.25, 0.3) is 0 Å². The Morgan fingerprint density at radius 2 is 1.74 bits per heavy atom. The predicted molar refractivity (Wildman–Crippen MR) is 131 cm³/mol. The van der Waals surface area contributed by atoms with Gasteiger partial charge < -0.3 is 19.9 Å². The number of rotatable bonds is 7. The maximum Gasteiger partial charge on any atom is 0.265 e. The normalized spacial score (nSPS) is 14.4. The quantitative estimate of drug-likeness (QED) is 0.558. The molecule has 0 aliphatic carbocycles. The molecule has 1 saturated heterocycles. The second-order valence-electron chi connectivity index (χ2n) is 8.00. The Kier molecular flexibility index (Phi) is 7.59. The summed E-state index contributed by atoms with van der Waals surface area (Å²) in [7, 11) is 0. The van der Waals surface area contributed by atoms with Crippen molar-refractivity contribution in [3.8, 4) is 5.75 Å². The van der Waals surface area contributed by atoms with E-state index in [0.29, 0.717) is 55.0 Å². The van der Waals surface area contributed by atoms with Gasteiger partial charge in [0.05, 0.1) is 6.42 Å². The van der Waals surface area contributed by atoms with Gasteiger partial charge in [-0.05, 0) is 48.9 Å². The number of piperazine rings is 1. The molecule has 8 nitrogen and oxygen atoms in total. The summed E-state index contributed by atoms with van der Waals surface area (Å²) in [6.07, 6.45) is 3.06. The van der Waals surface area contributed by atoms with E-state index in [1.54, 1.807) is 61.8 Å². The third kappa shape index (κ3) is 6.23. The molecule has 1 atom stereocenters. The first-order chi connectivity index (χ1) is 16.5. The minimum atomic E-state index is -0.695. The summed E-state index contributed by atoms with van der Waals surface area (Å²) in [6.45, 7) is 4.35. The molecule has 1 N–H and O–H groups in total. The molecule has 0 spiro atoms. The molecule has 1 unspecified atom stereocenters. The van der Waals surface area contributed by atoms with Gasteiger partial charge in [0.15, 0.2) is 6.10 Å². The minimum absolute atomic E-state index is 0.0777. The minimum Gasteiger partial charge on any atom is -0.481 e. The zero-order valence-electron chi connectivity index (χ0n) is 18.9. The van der Waals surface area contributed by atoms with Crippen molar-refractivity contribution in [2.45, 2.75) is 19.4 Å². The number of benzene rings is 2. The Bertz CT molecular complexity index is 1120. The second-order valence-corrected chi connectivity index (χ2v) is 8.43. The fourth-order valence-electron chi connectivity index (χ4n) is 3.64. The van der Waals surface area contributed by atoms with E-state index in [-0.39, 0.29) is 11.8 Å². The Hall–Kier alpha value is -3.65. The topological polar surface area (TPSA) is 87.7 Å². The zero-order chi connectivity index (χ0) is 23.9. The Balaban J connectivity index is 1.25. The molecule has 4 rings (SSSR count). The molecule has 0 saturated carbocycles. The highest BCUT2D eigenvalue weighted by Gasteiger charge is 2.22. The molecule has 2 aromatic carbocycles. The maximum absolute atomic E-state index is 12.7. The van der Waals surface area contributed by atoms with Crippen molar-refractivity contribution in [2.75, 3.05) is 36.4 Å². The SMILES string of the molecule is CC(Oc1cccc(Cl)c1)C(=O)Nc1ccc(CC(=O)N2CCN(c3ncccn3)CC2)cc1. The number of halogens is 1. The van der Waals surface area contributed by atoms with Gasteiger partial charge in [0.25, 0.3) is 5.91 Å². The molecule has 1 aromatic heterocycles. The number of aromatic nitrogens is 2. The highest BCUT2D eigenvalue weighted by Crippen LogP contribution is 2.19. The maximum atomic E-state index is 12.7. The van der Waals surface area contributed by atoms with Gasteiger partial charge in [0.1, 0.15) is 5.75 Å². The van der Waals surface area contributed by atoms with Crippen molar-refractivity contribution in [3.63, 3.8) is 0 Å².